The van der Waals surface area contributed by atoms with Gasteiger partial charge in [-0.15, -0.1) is 0 Å². The lowest BCUT2D eigenvalue weighted by Crippen LogP contribution is -2.35. The predicted molar refractivity (Wildman–Crippen MR) is 87.8 cm³/mol. The Kier molecular flexibility index (Phi) is 5.04. The summed E-state index contributed by atoms with van der Waals surface area (Å²) in [6.45, 7) is 10.7. The molecule has 0 spiro atoms. The molecule has 1 amide bonds. The Labute approximate surface area is 128 Å². The first-order chi connectivity index (χ1) is 9.88. The van der Waals surface area contributed by atoms with Gasteiger partial charge in [0.2, 0.25) is 0 Å². The molecule has 0 atom stereocenters. The number of hydrogen-bond donors (Lipinski definition) is 0. The fourth-order valence-electron chi connectivity index (χ4n) is 2.73. The van der Waals surface area contributed by atoms with E-state index in [-0.39, 0.29) is 11.3 Å². The maximum atomic E-state index is 12.4. The van der Waals surface area contributed by atoms with E-state index in [9.17, 15) is 4.79 Å². The number of hydrogen-bond acceptors (Lipinski definition) is 2. The molecule has 1 aliphatic heterocycles. The molecule has 0 bridgehead atoms. The molecule has 0 unspecified atom stereocenters. The van der Waals surface area contributed by atoms with Gasteiger partial charge in [0.15, 0.2) is 0 Å². The summed E-state index contributed by atoms with van der Waals surface area (Å²) in [7, 11) is 1.90. The summed E-state index contributed by atoms with van der Waals surface area (Å²) >= 11 is 0. The minimum atomic E-state index is 0.120. The van der Waals surface area contributed by atoms with Crippen LogP contribution in [0.5, 0.6) is 0 Å². The van der Waals surface area contributed by atoms with Crippen LogP contribution in [0, 0.1) is 0 Å². The predicted octanol–water partition coefficient (Wildman–Crippen LogP) is 3.15. The molecule has 1 aromatic carbocycles. The van der Waals surface area contributed by atoms with E-state index in [4.69, 9.17) is 0 Å². The minimum Gasteiger partial charge on any atom is -0.340 e. The van der Waals surface area contributed by atoms with Crippen LogP contribution in [0.15, 0.2) is 24.3 Å². The largest absolute Gasteiger partial charge is 0.340 e. The van der Waals surface area contributed by atoms with Crippen molar-refractivity contribution < 1.29 is 4.79 Å². The number of carbonyl (C=O) groups is 1. The molecule has 1 heterocycles. The summed E-state index contributed by atoms with van der Waals surface area (Å²) < 4.78 is 0. The maximum Gasteiger partial charge on any atom is 0.253 e. The minimum absolute atomic E-state index is 0.120. The Bertz CT molecular complexity index is 467. The molecule has 0 saturated carbocycles. The van der Waals surface area contributed by atoms with Gasteiger partial charge in [-0.1, -0.05) is 32.9 Å². The summed E-state index contributed by atoms with van der Waals surface area (Å²) in [5.74, 6) is 0.120. The second-order valence-electron chi connectivity index (χ2n) is 7.10. The molecule has 0 radical (unpaired) electrons. The van der Waals surface area contributed by atoms with Crippen molar-refractivity contribution >= 4 is 5.91 Å². The molecule has 21 heavy (non-hydrogen) atoms. The molecule has 0 aromatic heterocycles. The van der Waals surface area contributed by atoms with Crippen molar-refractivity contribution in [1.82, 2.24) is 9.80 Å². The van der Waals surface area contributed by atoms with Crippen molar-refractivity contribution in [3.63, 3.8) is 0 Å². The Morgan fingerprint density at radius 3 is 2.24 bits per heavy atom. The maximum absolute atomic E-state index is 12.4. The van der Waals surface area contributed by atoms with Crippen LogP contribution >= 0.6 is 0 Å². The second-order valence-corrected chi connectivity index (χ2v) is 7.10. The summed E-state index contributed by atoms with van der Waals surface area (Å²) in [5, 5.41) is 0. The average Bonchev–Trinajstić information content (AvgIpc) is 2.96. The average molecular weight is 288 g/mol. The number of rotatable bonds is 4. The standard InChI is InChI=1S/C18H28N2O/c1-18(2,3)16-9-7-15(8-10-16)17(21)19(4)13-14-20-11-5-6-12-20/h7-10H,5-6,11-14H2,1-4H3. The summed E-state index contributed by atoms with van der Waals surface area (Å²) in [6.07, 6.45) is 2.60. The Hall–Kier alpha value is -1.35. The van der Waals surface area contributed by atoms with Crippen LogP contribution in [-0.2, 0) is 5.41 Å². The number of likely N-dealkylation sites (tertiary alicyclic amines) is 1. The quantitative estimate of drug-likeness (QED) is 0.849. The van der Waals surface area contributed by atoms with Crippen LogP contribution in [0.25, 0.3) is 0 Å². The van der Waals surface area contributed by atoms with Gasteiger partial charge in [-0.05, 0) is 49.0 Å². The molecule has 1 aromatic rings. The fourth-order valence-corrected chi connectivity index (χ4v) is 2.73. The van der Waals surface area contributed by atoms with E-state index in [1.807, 2.05) is 24.1 Å². The van der Waals surface area contributed by atoms with Gasteiger partial charge >= 0.3 is 0 Å². The van der Waals surface area contributed by atoms with Gasteiger partial charge in [-0.2, -0.15) is 0 Å². The molecular weight excluding hydrogens is 260 g/mol. The van der Waals surface area contributed by atoms with Gasteiger partial charge in [0, 0.05) is 25.7 Å². The van der Waals surface area contributed by atoms with Crippen molar-refractivity contribution in [2.24, 2.45) is 0 Å². The Morgan fingerprint density at radius 2 is 1.71 bits per heavy atom. The highest BCUT2D eigenvalue weighted by Gasteiger charge is 2.17. The van der Waals surface area contributed by atoms with E-state index in [0.29, 0.717) is 0 Å². The molecule has 3 heteroatoms. The zero-order valence-corrected chi connectivity index (χ0v) is 13.9. The van der Waals surface area contributed by atoms with Gasteiger partial charge < -0.3 is 9.80 Å². The van der Waals surface area contributed by atoms with Gasteiger partial charge in [-0.3, -0.25) is 4.79 Å². The van der Waals surface area contributed by atoms with E-state index in [1.165, 1.54) is 31.5 Å². The second kappa shape index (κ2) is 6.61. The zero-order chi connectivity index (χ0) is 15.5. The van der Waals surface area contributed by atoms with Gasteiger partial charge in [0.1, 0.15) is 0 Å². The lowest BCUT2D eigenvalue weighted by atomic mass is 9.86. The highest BCUT2D eigenvalue weighted by Crippen LogP contribution is 2.22. The first-order valence-corrected chi connectivity index (χ1v) is 7.96. The third-order valence-electron chi connectivity index (χ3n) is 4.29. The molecule has 3 nitrogen and oxygen atoms in total. The molecular formula is C18H28N2O. The van der Waals surface area contributed by atoms with E-state index < -0.39 is 0 Å². The lowest BCUT2D eigenvalue weighted by molar-refractivity contribution is 0.0782. The van der Waals surface area contributed by atoms with Crippen LogP contribution in [0.2, 0.25) is 0 Å². The molecule has 1 saturated heterocycles. The number of benzene rings is 1. The third kappa shape index (κ3) is 4.31. The normalized spacial score (nSPS) is 16.2. The summed E-state index contributed by atoms with van der Waals surface area (Å²) in [6, 6.07) is 8.05. The Morgan fingerprint density at radius 1 is 1.14 bits per heavy atom. The first-order valence-electron chi connectivity index (χ1n) is 7.96. The number of amides is 1. The summed E-state index contributed by atoms with van der Waals surface area (Å²) in [5.41, 5.74) is 2.18. The Balaban J connectivity index is 1.92. The zero-order valence-electron chi connectivity index (χ0n) is 13.9. The first kappa shape index (κ1) is 16.0. The number of carbonyl (C=O) groups excluding carboxylic acids is 1. The third-order valence-corrected chi connectivity index (χ3v) is 4.29. The lowest BCUT2D eigenvalue weighted by Gasteiger charge is -2.22. The topological polar surface area (TPSA) is 23.6 Å². The van der Waals surface area contributed by atoms with E-state index >= 15 is 0 Å². The molecule has 1 aliphatic rings. The van der Waals surface area contributed by atoms with Crippen molar-refractivity contribution in [2.75, 3.05) is 33.2 Å². The molecule has 0 N–H and O–H groups in total. The number of nitrogens with zero attached hydrogens (tertiary/aromatic N) is 2. The number of likely N-dealkylation sites (N-methyl/N-ethyl adjacent to an activating group) is 1. The summed E-state index contributed by atoms with van der Waals surface area (Å²) in [4.78, 5) is 16.7. The van der Waals surface area contributed by atoms with Gasteiger partial charge in [0.05, 0.1) is 0 Å². The fraction of sp³-hybridized carbons (Fsp3) is 0.611. The molecule has 2 rings (SSSR count). The van der Waals surface area contributed by atoms with E-state index in [2.05, 4.69) is 37.8 Å². The van der Waals surface area contributed by atoms with E-state index in [1.54, 1.807) is 0 Å². The molecule has 1 fully saturated rings. The van der Waals surface area contributed by atoms with Crippen LogP contribution in [-0.4, -0.2) is 48.9 Å². The van der Waals surface area contributed by atoms with E-state index in [0.717, 1.165) is 18.7 Å². The highest BCUT2D eigenvalue weighted by atomic mass is 16.2. The van der Waals surface area contributed by atoms with Crippen LogP contribution in [0.1, 0.15) is 49.5 Å². The van der Waals surface area contributed by atoms with Crippen molar-refractivity contribution in [3.8, 4) is 0 Å². The van der Waals surface area contributed by atoms with Crippen molar-refractivity contribution in [3.05, 3.63) is 35.4 Å². The van der Waals surface area contributed by atoms with Gasteiger partial charge in [-0.25, -0.2) is 0 Å². The smallest absolute Gasteiger partial charge is 0.253 e. The monoisotopic (exact) mass is 288 g/mol. The van der Waals surface area contributed by atoms with Crippen molar-refractivity contribution in [2.45, 2.75) is 39.0 Å². The van der Waals surface area contributed by atoms with Gasteiger partial charge in [0.25, 0.3) is 5.91 Å². The molecule has 116 valence electrons. The SMILES string of the molecule is CN(CCN1CCCC1)C(=O)c1ccc(C(C)(C)C)cc1. The van der Waals surface area contributed by atoms with Crippen LogP contribution < -0.4 is 0 Å². The molecule has 0 aliphatic carbocycles. The van der Waals surface area contributed by atoms with Crippen LogP contribution in [0.3, 0.4) is 0 Å². The van der Waals surface area contributed by atoms with Crippen molar-refractivity contribution in [1.29, 1.82) is 0 Å². The van der Waals surface area contributed by atoms with Crippen LogP contribution in [0.4, 0.5) is 0 Å². The highest BCUT2D eigenvalue weighted by molar-refractivity contribution is 5.94.